The van der Waals surface area contributed by atoms with Crippen LogP contribution in [0, 0.1) is 5.92 Å². The number of pyridine rings is 1. The third-order valence-electron chi connectivity index (χ3n) is 4.79. The number of imidazole rings is 1. The number of furan rings is 1. The lowest BCUT2D eigenvalue weighted by atomic mass is 9.95. The molecule has 0 unspecified atom stereocenters. The van der Waals surface area contributed by atoms with E-state index in [9.17, 15) is 9.59 Å². The Morgan fingerprint density at radius 1 is 1.22 bits per heavy atom. The minimum absolute atomic E-state index is 0.00446. The summed E-state index contributed by atoms with van der Waals surface area (Å²) in [4.78, 5) is 30.9. The first-order chi connectivity index (χ1) is 13.1. The largest absolute Gasteiger partial charge is 0.459 e. The summed E-state index contributed by atoms with van der Waals surface area (Å²) >= 11 is 5.97. The van der Waals surface area contributed by atoms with E-state index in [-0.39, 0.29) is 17.7 Å². The lowest BCUT2D eigenvalue weighted by Gasteiger charge is -2.30. The molecule has 0 spiro atoms. The standard InChI is InChI=1S/C19H19ClN4O3/c20-14-3-4-17-22-15(12-24(17)11-14)10-21-18(25)13-5-7-23(8-6-13)19(26)16-2-1-9-27-16/h1-4,9,11-13H,5-8,10H2,(H,21,25). The van der Waals surface area contributed by atoms with Crippen molar-refractivity contribution in [2.45, 2.75) is 19.4 Å². The van der Waals surface area contributed by atoms with Crippen LogP contribution in [0.25, 0.3) is 5.65 Å². The SMILES string of the molecule is O=C(NCc1cn2cc(Cl)ccc2n1)C1CCN(C(=O)c2ccco2)CC1. The molecule has 4 rings (SSSR count). The van der Waals surface area contributed by atoms with Gasteiger partial charge in [-0.15, -0.1) is 0 Å². The first-order valence-electron chi connectivity index (χ1n) is 8.84. The normalized spacial score (nSPS) is 15.2. The summed E-state index contributed by atoms with van der Waals surface area (Å²) in [5.74, 6) is 0.111. The molecular formula is C19H19ClN4O3. The molecule has 0 bridgehead atoms. The molecule has 0 saturated carbocycles. The third-order valence-corrected chi connectivity index (χ3v) is 5.02. The van der Waals surface area contributed by atoms with Crippen LogP contribution >= 0.6 is 11.6 Å². The van der Waals surface area contributed by atoms with Gasteiger partial charge in [-0.2, -0.15) is 0 Å². The van der Waals surface area contributed by atoms with Gasteiger partial charge in [-0.05, 0) is 37.1 Å². The maximum Gasteiger partial charge on any atom is 0.289 e. The summed E-state index contributed by atoms with van der Waals surface area (Å²) in [6.07, 6.45) is 6.39. The van der Waals surface area contributed by atoms with Crippen molar-refractivity contribution < 1.29 is 14.0 Å². The Kier molecular flexibility index (Phi) is 4.85. The molecule has 7 nitrogen and oxygen atoms in total. The number of likely N-dealkylation sites (tertiary alicyclic amines) is 1. The quantitative estimate of drug-likeness (QED) is 0.747. The Morgan fingerprint density at radius 2 is 2.04 bits per heavy atom. The lowest BCUT2D eigenvalue weighted by molar-refractivity contribution is -0.126. The Labute approximate surface area is 160 Å². The van der Waals surface area contributed by atoms with Gasteiger partial charge < -0.3 is 19.0 Å². The topological polar surface area (TPSA) is 79.9 Å². The molecule has 0 atom stereocenters. The Morgan fingerprint density at radius 3 is 2.78 bits per heavy atom. The zero-order valence-electron chi connectivity index (χ0n) is 14.6. The number of nitrogens with one attached hydrogen (secondary N) is 1. The van der Waals surface area contributed by atoms with Crippen LogP contribution in [-0.4, -0.2) is 39.2 Å². The van der Waals surface area contributed by atoms with Crippen LogP contribution in [0.3, 0.4) is 0 Å². The van der Waals surface area contributed by atoms with Crippen molar-refractivity contribution in [2.75, 3.05) is 13.1 Å². The second kappa shape index (κ2) is 7.44. The van der Waals surface area contributed by atoms with Gasteiger partial charge >= 0.3 is 0 Å². The van der Waals surface area contributed by atoms with Gasteiger partial charge in [-0.1, -0.05) is 11.6 Å². The van der Waals surface area contributed by atoms with Gasteiger partial charge in [-0.25, -0.2) is 4.98 Å². The average Bonchev–Trinajstić information content (AvgIpc) is 3.35. The van der Waals surface area contributed by atoms with Gasteiger partial charge in [-0.3, -0.25) is 9.59 Å². The summed E-state index contributed by atoms with van der Waals surface area (Å²) in [7, 11) is 0. The molecule has 8 heteroatoms. The maximum absolute atomic E-state index is 12.5. The molecule has 0 aliphatic carbocycles. The molecule has 140 valence electrons. The van der Waals surface area contributed by atoms with E-state index in [0.717, 1.165) is 11.3 Å². The van der Waals surface area contributed by atoms with Crippen molar-refractivity contribution in [3.8, 4) is 0 Å². The minimum atomic E-state index is -0.123. The Balaban J connectivity index is 1.29. The number of nitrogens with zero attached hydrogens (tertiary/aromatic N) is 3. The predicted molar refractivity (Wildman–Crippen MR) is 99.4 cm³/mol. The van der Waals surface area contributed by atoms with Gasteiger partial charge in [0.25, 0.3) is 5.91 Å². The highest BCUT2D eigenvalue weighted by atomic mass is 35.5. The van der Waals surface area contributed by atoms with Crippen LogP contribution in [0.5, 0.6) is 0 Å². The summed E-state index contributed by atoms with van der Waals surface area (Å²) in [6, 6.07) is 6.97. The van der Waals surface area contributed by atoms with E-state index in [4.69, 9.17) is 16.0 Å². The van der Waals surface area contributed by atoms with E-state index >= 15 is 0 Å². The molecule has 1 fully saturated rings. The average molecular weight is 387 g/mol. The zero-order chi connectivity index (χ0) is 18.8. The van der Waals surface area contributed by atoms with E-state index in [2.05, 4.69) is 10.3 Å². The highest BCUT2D eigenvalue weighted by molar-refractivity contribution is 6.30. The second-order valence-corrected chi connectivity index (χ2v) is 7.04. The molecule has 1 saturated heterocycles. The van der Waals surface area contributed by atoms with Crippen molar-refractivity contribution in [3.05, 3.63) is 59.4 Å². The molecule has 2 amide bonds. The van der Waals surface area contributed by atoms with Crippen LogP contribution in [0.4, 0.5) is 0 Å². The van der Waals surface area contributed by atoms with Crippen LogP contribution in [-0.2, 0) is 11.3 Å². The van der Waals surface area contributed by atoms with Crippen LogP contribution < -0.4 is 5.32 Å². The number of carbonyl (C=O) groups excluding carboxylic acids is 2. The second-order valence-electron chi connectivity index (χ2n) is 6.61. The van der Waals surface area contributed by atoms with Crippen LogP contribution in [0.1, 0.15) is 29.1 Å². The summed E-state index contributed by atoms with van der Waals surface area (Å²) in [6.45, 7) is 1.46. The highest BCUT2D eigenvalue weighted by Gasteiger charge is 2.28. The summed E-state index contributed by atoms with van der Waals surface area (Å²) in [5.41, 5.74) is 1.56. The third kappa shape index (κ3) is 3.83. The molecule has 0 radical (unpaired) electrons. The summed E-state index contributed by atoms with van der Waals surface area (Å²) < 4.78 is 6.99. The van der Waals surface area contributed by atoms with Crippen molar-refractivity contribution in [2.24, 2.45) is 5.92 Å². The van der Waals surface area contributed by atoms with Crippen molar-refractivity contribution in [1.82, 2.24) is 19.6 Å². The number of halogens is 1. The van der Waals surface area contributed by atoms with Crippen LogP contribution in [0.2, 0.25) is 5.02 Å². The smallest absolute Gasteiger partial charge is 0.289 e. The molecule has 27 heavy (non-hydrogen) atoms. The fraction of sp³-hybridized carbons (Fsp3) is 0.316. The van der Waals surface area contributed by atoms with E-state index < -0.39 is 0 Å². The number of carbonyl (C=O) groups is 2. The van der Waals surface area contributed by atoms with E-state index in [1.165, 1.54) is 6.26 Å². The summed E-state index contributed by atoms with van der Waals surface area (Å²) in [5, 5.41) is 3.58. The molecule has 1 aliphatic heterocycles. The zero-order valence-corrected chi connectivity index (χ0v) is 15.4. The number of rotatable bonds is 4. The number of hydrogen-bond acceptors (Lipinski definition) is 4. The van der Waals surface area contributed by atoms with Gasteiger partial charge in [0.2, 0.25) is 5.91 Å². The fourth-order valence-corrected chi connectivity index (χ4v) is 3.49. The van der Waals surface area contributed by atoms with E-state index in [0.29, 0.717) is 43.3 Å². The van der Waals surface area contributed by atoms with Crippen molar-refractivity contribution in [1.29, 1.82) is 0 Å². The maximum atomic E-state index is 12.5. The van der Waals surface area contributed by atoms with Gasteiger partial charge in [0.1, 0.15) is 5.65 Å². The highest BCUT2D eigenvalue weighted by Crippen LogP contribution is 2.20. The molecule has 1 aliphatic rings. The fourth-order valence-electron chi connectivity index (χ4n) is 3.33. The molecule has 0 aromatic carbocycles. The molecule has 3 aromatic heterocycles. The van der Waals surface area contributed by atoms with Gasteiger partial charge in [0.15, 0.2) is 5.76 Å². The molecule has 1 N–H and O–H groups in total. The monoisotopic (exact) mass is 386 g/mol. The number of piperidine rings is 1. The van der Waals surface area contributed by atoms with Crippen molar-refractivity contribution in [3.63, 3.8) is 0 Å². The van der Waals surface area contributed by atoms with Gasteiger partial charge in [0.05, 0.1) is 23.5 Å². The number of aromatic nitrogens is 2. The number of hydrogen-bond donors (Lipinski definition) is 1. The minimum Gasteiger partial charge on any atom is -0.459 e. The van der Waals surface area contributed by atoms with Crippen molar-refractivity contribution >= 4 is 29.1 Å². The van der Waals surface area contributed by atoms with E-state index in [1.54, 1.807) is 29.3 Å². The first-order valence-corrected chi connectivity index (χ1v) is 9.21. The Hall–Kier alpha value is -2.80. The predicted octanol–water partition coefficient (Wildman–Crippen LogP) is 2.75. The van der Waals surface area contributed by atoms with Crippen LogP contribution in [0.15, 0.2) is 47.3 Å². The molecule has 4 heterocycles. The molecule has 3 aromatic rings. The molecular weight excluding hydrogens is 368 g/mol. The van der Waals surface area contributed by atoms with Gasteiger partial charge in [0, 0.05) is 31.4 Å². The van der Waals surface area contributed by atoms with E-state index in [1.807, 2.05) is 16.7 Å². The Bertz CT molecular complexity index is 959. The number of amides is 2. The first kappa shape index (κ1) is 17.6. The lowest BCUT2D eigenvalue weighted by Crippen LogP contribution is -2.42. The number of fused-ring (bicyclic) bond motifs is 1.